The van der Waals surface area contributed by atoms with E-state index in [1.807, 2.05) is 52.2 Å². The molecule has 2 heterocycles. The van der Waals surface area contributed by atoms with Crippen LogP contribution < -0.4 is 80.0 Å². The van der Waals surface area contributed by atoms with Gasteiger partial charge in [-0.25, -0.2) is 51.9 Å². The van der Waals surface area contributed by atoms with Gasteiger partial charge in [-0.05, 0) is 118 Å². The van der Waals surface area contributed by atoms with Gasteiger partial charge in [0.1, 0.15) is 58.1 Å². The zero-order valence-corrected chi connectivity index (χ0v) is 84.8. The second-order valence-electron chi connectivity index (χ2n) is 35.7. The summed E-state index contributed by atoms with van der Waals surface area (Å²) < 4.78 is 103. The van der Waals surface area contributed by atoms with E-state index in [0.29, 0.717) is 6.42 Å². The lowest BCUT2D eigenvalue weighted by atomic mass is 9.86. The molecule has 61 heteroatoms. The molecule has 0 saturated carbocycles. The van der Waals surface area contributed by atoms with Gasteiger partial charge in [0.05, 0.1) is 44.8 Å². The number of nitrogens with zero attached hydrogens (tertiary/aromatic N) is 4. The standard InChI is InChI=1S/C25H45N3O7.C19H37N3O5.C17H21FN6O8.C12H20N4O7.C11H3F5N2O2.4CO2/c1-11-16(29)12-13-19(30)26-15-18(23(2,3)4)28-22(33)27-17(21(32)35-25(8,9)10)14-20(31)34-24(5,6)7;1-17(2,3)13(11-20)22-16(25)21-12(15(24)27-19(7,8)9)10-14(23)26-18(4,5)6;18-12-3-2-10(23-24-12)15(29)21-8-9(25)1-4-13(26)19-5-6-20-17(32)22-11(16(30)31)7-14(27)28;13-6-7(17)1-2-9(18)14-3-4-15-12(23)16-8(11(21)22)5-10(19)20;12-4-3-5(13)9(16)10(8(4)15)20-11(19)6-1-2-7(14)18-17-6;4*2-1-3/h17-18H,11-15H2,1-10H3,(H,26,30)(H2,27,28,33);12-13H,10-11,20H2,1-9H3,(H2,21,22,25);2-3,11H,1,4-8H2,(H,19,26)(H,21,29)(H,27,28)(H,30,31)(H2,20,22,32);8H,1-6,13H2,(H,14,18)(H,19,20)(H,21,22)(H2,15,16,23);1-3H;;;;/t17-,18-;12-,13-;11-;8-;;;;;/m0000...../s1/i;;18-1;;14-1;;;;. The number of esters is 5. The van der Waals surface area contributed by atoms with Crippen LogP contribution in [0.2, 0.25) is 0 Å². The minimum absolute atomic E-state index is 0.00180. The molecule has 0 unspecified atom stereocenters. The number of carbonyl (C=O) groups excluding carboxylic acids is 24. The van der Waals surface area contributed by atoms with E-state index in [0.717, 1.165) is 24.3 Å². The Morgan fingerprint density at radius 3 is 1.01 bits per heavy atom. The van der Waals surface area contributed by atoms with Crippen molar-refractivity contribution in [2.75, 3.05) is 52.4 Å². The number of Topliss-reactive ketones (excluding diaryl/α,β-unsaturated/α-hetero) is 3. The Morgan fingerprint density at radius 2 is 0.698 bits per heavy atom. The van der Waals surface area contributed by atoms with Crippen LogP contribution in [0.3, 0.4) is 0 Å². The van der Waals surface area contributed by atoms with Crippen molar-refractivity contribution in [3.63, 3.8) is 0 Å². The summed E-state index contributed by atoms with van der Waals surface area (Å²) >= 11 is 0. The van der Waals surface area contributed by atoms with E-state index in [9.17, 15) is 122 Å². The van der Waals surface area contributed by atoms with Crippen LogP contribution in [-0.4, -0.2) is 295 Å². The molecular weight excluding hydrogens is 2010 g/mol. The normalized spacial score (nSPS) is 11.6. The number of nitrogens with one attached hydrogen (secondary N) is 12. The highest BCUT2D eigenvalue weighted by molar-refractivity contribution is 5.96. The monoisotopic (exact) mass is 2140 g/mol. The third kappa shape index (κ3) is 77.8. The van der Waals surface area contributed by atoms with Crippen molar-refractivity contribution in [2.45, 2.75) is 261 Å². The first-order valence-electron chi connectivity index (χ1n) is 43.6. The van der Waals surface area contributed by atoms with Gasteiger partial charge in [-0.3, -0.25) is 52.7 Å². The van der Waals surface area contributed by atoms with Crippen molar-refractivity contribution < 1.29 is 205 Å². The molecule has 832 valence electrons. The first-order valence-corrected chi connectivity index (χ1v) is 43.6. The molecule has 0 aliphatic heterocycles. The van der Waals surface area contributed by atoms with E-state index < -0.39 is 219 Å². The zero-order valence-electron chi connectivity index (χ0n) is 84.8. The van der Waals surface area contributed by atoms with Gasteiger partial charge < -0.3 is 119 Å². The summed E-state index contributed by atoms with van der Waals surface area (Å²) in [5, 5.41) is 75.8. The number of nitrogens with two attached hydrogens (primary N) is 2. The Bertz CT molecular complexity index is 4980. The summed E-state index contributed by atoms with van der Waals surface area (Å²) in [5.74, 6) is -23.2. The number of amides is 12. The summed E-state index contributed by atoms with van der Waals surface area (Å²) in [6.07, 6.45) is -1.01. The maximum absolute atomic E-state index is 13.2. The number of carboxylic acids is 4. The quantitative estimate of drug-likeness (QED) is 0.00932. The molecule has 0 spiro atoms. The van der Waals surface area contributed by atoms with Crippen LogP contribution in [0.5, 0.6) is 5.75 Å². The predicted octanol–water partition coefficient (Wildman–Crippen LogP) is 0.852. The number of carbonyl (C=O) groups is 20. The Hall–Kier alpha value is -16.4. The topological polar surface area (TPSA) is 853 Å². The molecule has 0 saturated heterocycles. The summed E-state index contributed by atoms with van der Waals surface area (Å²) in [5.41, 5.74) is 6.29. The highest BCUT2D eigenvalue weighted by Crippen LogP contribution is 2.28. The van der Waals surface area contributed by atoms with E-state index in [2.05, 4.69) is 78.3 Å². The fourth-order valence-corrected chi connectivity index (χ4v) is 9.60. The summed E-state index contributed by atoms with van der Waals surface area (Å²) in [7, 11) is 0. The largest absolute Gasteiger partial charge is 0.481 e. The Kier molecular flexibility index (Phi) is 71.6. The Balaban J connectivity index is -0.000000421. The van der Waals surface area contributed by atoms with Gasteiger partial charge in [0.2, 0.25) is 47.0 Å². The molecule has 0 bridgehead atoms. The third-order valence-corrected chi connectivity index (χ3v) is 16.4. The van der Waals surface area contributed by atoms with Crippen molar-refractivity contribution in [3.05, 3.63) is 76.9 Å². The van der Waals surface area contributed by atoms with Gasteiger partial charge in [-0.2, -0.15) is 55.9 Å². The number of urea groups is 4. The van der Waals surface area contributed by atoms with E-state index >= 15 is 0 Å². The molecule has 149 heavy (non-hydrogen) atoms. The van der Waals surface area contributed by atoms with Crippen molar-refractivity contribution in [2.24, 2.45) is 22.3 Å². The lowest BCUT2D eigenvalue weighted by Crippen LogP contribution is -2.56. The average molecular weight is 2140 g/mol. The van der Waals surface area contributed by atoms with Gasteiger partial charge in [0, 0.05) is 96.3 Å². The zero-order chi connectivity index (χ0) is 117. The lowest BCUT2D eigenvalue weighted by Gasteiger charge is -2.32. The van der Waals surface area contributed by atoms with E-state index in [1.165, 1.54) is 0 Å². The molecule has 12 amide bonds. The number of aromatic nitrogens is 4. The van der Waals surface area contributed by atoms with Crippen LogP contribution in [0.25, 0.3) is 0 Å². The maximum Gasteiger partial charge on any atom is 0.373 e. The molecule has 20 N–H and O–H groups in total. The van der Waals surface area contributed by atoms with Gasteiger partial charge >= 0.3 is 102 Å². The third-order valence-electron chi connectivity index (χ3n) is 16.4. The van der Waals surface area contributed by atoms with Crippen molar-refractivity contribution >= 4 is 143 Å². The smallest absolute Gasteiger partial charge is 0.373 e. The summed E-state index contributed by atoms with van der Waals surface area (Å²) in [6, 6.07) is -5.95. The van der Waals surface area contributed by atoms with Gasteiger partial charge in [0.25, 0.3) is 5.91 Å². The van der Waals surface area contributed by atoms with Crippen LogP contribution in [0.4, 0.5) is 45.5 Å². The summed E-state index contributed by atoms with van der Waals surface area (Å²) in [4.78, 5) is 298. The van der Waals surface area contributed by atoms with Crippen LogP contribution in [0.1, 0.15) is 223 Å². The minimum Gasteiger partial charge on any atom is -0.481 e. The molecule has 3 rings (SSSR count). The number of ether oxygens (including phenoxy) is 5. The number of halogens is 6. The first kappa shape index (κ1) is 143. The van der Waals surface area contributed by atoms with Crippen LogP contribution in [0, 0.1) is 46.0 Å². The molecule has 0 aliphatic carbocycles. The number of hydrogen-bond donors (Lipinski definition) is 18. The molecule has 3 aromatic rings. The second kappa shape index (κ2) is 74.5. The highest BCUT2D eigenvalue weighted by Gasteiger charge is 2.37. The number of ketones is 3. The van der Waals surface area contributed by atoms with E-state index in [-0.39, 0.29) is 169 Å². The van der Waals surface area contributed by atoms with Crippen molar-refractivity contribution in [3.8, 4) is 5.75 Å². The average Bonchev–Trinajstić information content (AvgIpc) is 0.807. The van der Waals surface area contributed by atoms with Crippen LogP contribution in [0.15, 0.2) is 30.3 Å². The Labute approximate surface area is 847 Å². The molecule has 55 nitrogen and oxygen atoms in total. The highest BCUT2D eigenvalue weighted by atomic mass is 19.2. The SMILES string of the molecule is CC(C)(C)OC(=O)C[C@H](NC(=O)N[C@@H](CN)C(C)(C)C)C(=O)OC(C)(C)C.CCC(=O)CCC(=O)NC[C@H](NC(=O)N[C@@H](CC(=O)OC(C)(C)C)C(=O)OC(C)(C)C)C(C)(C)C.NCC(=O)CCC(=O)NCCNC(=O)N[C@@H](CC(=O)O)C(=O)O.O=C(O)C[C@H](NC(=O)NCCNC(=O)CCC(=O)CNC(=O)c1ccc([18F])nn1)C(=O)O.O=C(Oc1c(F)c(F)cc(F)c1F)c1ccc([18F])nn1.O=C=O.O=C=O.O=C=O.O=C=O. The van der Waals surface area contributed by atoms with E-state index in [4.69, 9.17) is 89.2 Å². The molecule has 1 aromatic carbocycles. The van der Waals surface area contributed by atoms with Crippen LogP contribution in [-0.2, 0) is 124 Å². The minimum atomic E-state index is -1.88. The fraction of sp³-hybridized carbons (Fsp3) is 0.568. The summed E-state index contributed by atoms with van der Waals surface area (Å²) in [6.45, 7) is 33.5. The Morgan fingerprint density at radius 1 is 0.376 bits per heavy atom. The maximum atomic E-state index is 13.2. The predicted molar refractivity (Wildman–Crippen MR) is 488 cm³/mol. The van der Waals surface area contributed by atoms with Crippen molar-refractivity contribution in [1.82, 2.24) is 84.2 Å². The number of hydrogen-bond acceptors (Lipinski definition) is 39. The van der Waals surface area contributed by atoms with Gasteiger partial charge in [-0.1, -0.05) is 48.5 Å². The molecule has 0 radical (unpaired) electrons. The second-order valence-corrected chi connectivity index (χ2v) is 35.7. The number of benzene rings is 1. The molecule has 6 atom stereocenters. The van der Waals surface area contributed by atoms with Gasteiger partial charge in [-0.15, -0.1) is 20.4 Å². The first-order chi connectivity index (χ1) is 68.6. The number of rotatable bonds is 43. The number of carboxylic acid groups (broad SMARTS) is 4. The molecular formula is C88H126F6N18O37. The number of aliphatic carboxylic acids is 4. The fourth-order valence-electron chi connectivity index (χ4n) is 9.60. The van der Waals surface area contributed by atoms with Gasteiger partial charge in [0.15, 0.2) is 28.8 Å². The lowest BCUT2D eigenvalue weighted by molar-refractivity contribution is -0.193. The van der Waals surface area contributed by atoms with Crippen LogP contribution >= 0.6 is 0 Å². The molecule has 0 fully saturated rings. The molecule has 2 aromatic heterocycles. The molecule has 0 aliphatic rings. The van der Waals surface area contributed by atoms with E-state index in [1.54, 1.807) is 90.0 Å². The van der Waals surface area contributed by atoms with Crippen molar-refractivity contribution in [1.29, 1.82) is 0 Å².